The fourth-order valence-electron chi connectivity index (χ4n) is 1.99. The summed E-state index contributed by atoms with van der Waals surface area (Å²) in [5, 5.41) is 1.31. The number of nitrogens with zero attached hydrogens (tertiary/aromatic N) is 2. The Hall–Kier alpha value is -2.00. The van der Waals surface area contributed by atoms with Crippen molar-refractivity contribution < 1.29 is 14.4 Å². The lowest BCUT2D eigenvalue weighted by Crippen LogP contribution is -2.49. The number of rotatable bonds is 4. The summed E-state index contributed by atoms with van der Waals surface area (Å²) in [6.07, 6.45) is -0.232. The average Bonchev–Trinajstić information content (AvgIpc) is 2.65. The highest BCUT2D eigenvalue weighted by atomic mass is 79.9. The van der Waals surface area contributed by atoms with Gasteiger partial charge in [0.1, 0.15) is 6.04 Å². The van der Waals surface area contributed by atoms with Gasteiger partial charge in [0.2, 0.25) is 5.91 Å². The fourth-order valence-corrected chi connectivity index (χ4v) is 2.52. The number of carbonyl (C=O) groups is 3. The van der Waals surface area contributed by atoms with Crippen LogP contribution in [0.3, 0.4) is 0 Å². The summed E-state index contributed by atoms with van der Waals surface area (Å²) in [5.74, 6) is -1.48. The van der Waals surface area contributed by atoms with Crippen LogP contribution in [-0.2, 0) is 9.59 Å². The molecule has 1 aromatic rings. The Morgan fingerprint density at radius 1 is 1.36 bits per heavy atom. The number of nitrogens with one attached hydrogen (secondary N) is 1. The fraction of sp³-hybridized carbons (Fsp3) is 0.231. The van der Waals surface area contributed by atoms with Crippen molar-refractivity contribution in [3.63, 3.8) is 0 Å². The van der Waals surface area contributed by atoms with Gasteiger partial charge in [-0.3, -0.25) is 24.7 Å². The zero-order chi connectivity index (χ0) is 16.4. The molecule has 1 aromatic carbocycles. The molecule has 0 aromatic heterocycles. The van der Waals surface area contributed by atoms with E-state index in [2.05, 4.69) is 21.4 Å². The van der Waals surface area contributed by atoms with Crippen LogP contribution < -0.4 is 11.2 Å². The highest BCUT2D eigenvalue weighted by Gasteiger charge is 2.42. The maximum Gasteiger partial charge on any atom is 0.269 e. The molecule has 0 radical (unpaired) electrons. The number of nitrogens with two attached hydrogens (primary N) is 1. The van der Waals surface area contributed by atoms with Crippen LogP contribution in [0.2, 0.25) is 0 Å². The molecule has 22 heavy (non-hydrogen) atoms. The van der Waals surface area contributed by atoms with Gasteiger partial charge in [0.25, 0.3) is 11.8 Å². The first-order valence-corrected chi connectivity index (χ1v) is 7.47. The molecular formula is C13H13BrN4O3S. The monoisotopic (exact) mass is 384 g/mol. The van der Waals surface area contributed by atoms with E-state index in [4.69, 9.17) is 18.0 Å². The SMILES string of the molecule is CN1C(=O)[C@H](CC(N)=O)N(NC(=O)c2ccc(Br)cc2)C1=S. The number of hydrogen-bond donors (Lipinski definition) is 2. The molecule has 7 nitrogen and oxygen atoms in total. The molecule has 0 unspecified atom stereocenters. The summed E-state index contributed by atoms with van der Waals surface area (Å²) in [7, 11) is 1.48. The second kappa shape index (κ2) is 6.41. The van der Waals surface area contributed by atoms with Gasteiger partial charge in [0.05, 0.1) is 6.42 Å². The van der Waals surface area contributed by atoms with E-state index in [0.29, 0.717) is 5.56 Å². The van der Waals surface area contributed by atoms with E-state index in [1.807, 2.05) is 0 Å². The molecule has 1 aliphatic heterocycles. The highest BCUT2D eigenvalue weighted by Crippen LogP contribution is 2.18. The molecule has 1 atom stereocenters. The number of hydrazine groups is 1. The largest absolute Gasteiger partial charge is 0.370 e. The molecule has 0 spiro atoms. The molecule has 9 heteroatoms. The Kier molecular flexibility index (Phi) is 4.77. The van der Waals surface area contributed by atoms with Gasteiger partial charge in [0, 0.05) is 17.1 Å². The van der Waals surface area contributed by atoms with Crippen molar-refractivity contribution in [1.29, 1.82) is 0 Å². The van der Waals surface area contributed by atoms with Gasteiger partial charge in [-0.2, -0.15) is 0 Å². The lowest BCUT2D eigenvalue weighted by Gasteiger charge is -2.23. The highest BCUT2D eigenvalue weighted by molar-refractivity contribution is 9.10. The molecule has 116 valence electrons. The van der Waals surface area contributed by atoms with Crippen LogP contribution in [0.1, 0.15) is 16.8 Å². The standard InChI is InChI=1S/C13H13BrN4O3S/c1-17-12(21)9(6-10(15)19)18(13(17)22)16-11(20)7-2-4-8(14)5-3-7/h2-5,9H,6H2,1H3,(H2,15,19)(H,16,20)/t9-/m0/s1. The molecular weight excluding hydrogens is 372 g/mol. The van der Waals surface area contributed by atoms with Gasteiger partial charge in [-0.1, -0.05) is 15.9 Å². The van der Waals surface area contributed by atoms with Gasteiger partial charge in [-0.05, 0) is 36.5 Å². The molecule has 0 aliphatic carbocycles. The van der Waals surface area contributed by atoms with Crippen LogP contribution in [0.25, 0.3) is 0 Å². The van der Waals surface area contributed by atoms with E-state index in [-0.39, 0.29) is 17.4 Å². The number of benzene rings is 1. The molecule has 0 bridgehead atoms. The number of hydrogen-bond acceptors (Lipinski definition) is 4. The summed E-state index contributed by atoms with van der Waals surface area (Å²) >= 11 is 8.40. The van der Waals surface area contributed by atoms with E-state index in [1.54, 1.807) is 24.3 Å². The number of halogens is 1. The molecule has 1 saturated heterocycles. The van der Waals surface area contributed by atoms with Crippen LogP contribution in [0.4, 0.5) is 0 Å². The third kappa shape index (κ3) is 3.25. The minimum absolute atomic E-state index is 0.113. The normalized spacial score (nSPS) is 17.8. The minimum Gasteiger partial charge on any atom is -0.370 e. The van der Waals surface area contributed by atoms with Crippen molar-refractivity contribution >= 4 is 51.0 Å². The Bertz CT molecular complexity index is 649. The maximum atomic E-state index is 12.2. The summed E-state index contributed by atoms with van der Waals surface area (Å²) in [4.78, 5) is 36.6. The summed E-state index contributed by atoms with van der Waals surface area (Å²) in [6, 6.07) is 5.75. The van der Waals surface area contributed by atoms with Gasteiger partial charge in [0.15, 0.2) is 5.11 Å². The molecule has 0 saturated carbocycles. The van der Waals surface area contributed by atoms with Crippen molar-refractivity contribution in [2.75, 3.05) is 7.05 Å². The van der Waals surface area contributed by atoms with Crippen LogP contribution in [0, 0.1) is 0 Å². The van der Waals surface area contributed by atoms with Crippen LogP contribution >= 0.6 is 28.1 Å². The van der Waals surface area contributed by atoms with Gasteiger partial charge < -0.3 is 5.73 Å². The maximum absolute atomic E-state index is 12.2. The Morgan fingerprint density at radius 3 is 2.50 bits per heavy atom. The number of thiocarbonyl (C=S) groups is 1. The lowest BCUT2D eigenvalue weighted by molar-refractivity contribution is -0.130. The first-order valence-electron chi connectivity index (χ1n) is 6.27. The Morgan fingerprint density at radius 2 is 1.95 bits per heavy atom. The van der Waals surface area contributed by atoms with Crippen molar-refractivity contribution in [1.82, 2.24) is 15.3 Å². The van der Waals surface area contributed by atoms with Gasteiger partial charge in [-0.25, -0.2) is 5.01 Å². The molecule has 1 heterocycles. The average molecular weight is 385 g/mol. The summed E-state index contributed by atoms with van der Waals surface area (Å²) < 4.78 is 0.835. The first-order chi connectivity index (χ1) is 10.3. The van der Waals surface area contributed by atoms with Crippen molar-refractivity contribution in [3.05, 3.63) is 34.3 Å². The number of likely N-dealkylation sites (N-methyl/N-ethyl adjacent to an activating group) is 1. The Labute approximate surface area is 140 Å². The predicted octanol–water partition coefficient (Wildman–Crippen LogP) is 0.397. The van der Waals surface area contributed by atoms with Gasteiger partial charge in [-0.15, -0.1) is 0 Å². The van der Waals surface area contributed by atoms with Crippen LogP contribution in [0.15, 0.2) is 28.7 Å². The molecule has 3 N–H and O–H groups in total. The van der Waals surface area contributed by atoms with Gasteiger partial charge >= 0.3 is 0 Å². The molecule has 2 rings (SSSR count). The molecule has 1 aliphatic rings. The Balaban J connectivity index is 2.19. The zero-order valence-corrected chi connectivity index (χ0v) is 14.0. The second-order valence-electron chi connectivity index (χ2n) is 4.68. The van der Waals surface area contributed by atoms with E-state index < -0.39 is 17.9 Å². The second-order valence-corrected chi connectivity index (χ2v) is 5.96. The smallest absolute Gasteiger partial charge is 0.269 e. The van der Waals surface area contributed by atoms with E-state index in [9.17, 15) is 14.4 Å². The number of primary amides is 1. The van der Waals surface area contributed by atoms with Crippen LogP contribution in [0.5, 0.6) is 0 Å². The quantitative estimate of drug-likeness (QED) is 0.732. The van der Waals surface area contributed by atoms with E-state index in [1.165, 1.54) is 17.0 Å². The summed E-state index contributed by atoms with van der Waals surface area (Å²) in [6.45, 7) is 0. The van der Waals surface area contributed by atoms with Crippen LogP contribution in [-0.4, -0.2) is 45.8 Å². The molecule has 1 fully saturated rings. The molecule has 3 amide bonds. The van der Waals surface area contributed by atoms with Crippen molar-refractivity contribution in [3.8, 4) is 0 Å². The first kappa shape index (κ1) is 16.4. The van der Waals surface area contributed by atoms with Crippen molar-refractivity contribution in [2.24, 2.45) is 5.73 Å². The van der Waals surface area contributed by atoms with E-state index >= 15 is 0 Å². The third-order valence-electron chi connectivity index (χ3n) is 3.14. The summed E-state index contributed by atoms with van der Waals surface area (Å²) in [5.41, 5.74) is 8.09. The topological polar surface area (TPSA) is 95.7 Å². The lowest BCUT2D eigenvalue weighted by atomic mass is 10.2. The third-order valence-corrected chi connectivity index (χ3v) is 4.14. The minimum atomic E-state index is -0.922. The van der Waals surface area contributed by atoms with E-state index in [0.717, 1.165) is 4.47 Å². The number of carbonyl (C=O) groups excluding carboxylic acids is 3. The zero-order valence-electron chi connectivity index (χ0n) is 11.6. The van der Waals surface area contributed by atoms with Crippen molar-refractivity contribution in [2.45, 2.75) is 12.5 Å². The predicted molar refractivity (Wildman–Crippen MR) is 86.4 cm³/mol. The number of amides is 3.